The van der Waals surface area contributed by atoms with Crippen LogP contribution in [0, 0.1) is 0 Å². The minimum absolute atomic E-state index is 0.517. The molecule has 94 valence electrons. The lowest BCUT2D eigenvalue weighted by atomic mass is 10.1. The summed E-state index contributed by atoms with van der Waals surface area (Å²) in [5.41, 5.74) is 2.44. The first kappa shape index (κ1) is 11.7. The van der Waals surface area contributed by atoms with Gasteiger partial charge in [-0.25, -0.2) is 0 Å². The SMILES string of the molecule is COc1ccc(C2CC2c2cc(SC)on2)cc1. The molecule has 3 nitrogen and oxygen atoms in total. The molecule has 1 fully saturated rings. The first-order valence-electron chi connectivity index (χ1n) is 5.96. The Morgan fingerprint density at radius 3 is 2.67 bits per heavy atom. The van der Waals surface area contributed by atoms with Gasteiger partial charge < -0.3 is 9.26 Å². The summed E-state index contributed by atoms with van der Waals surface area (Å²) >= 11 is 1.59. The molecule has 4 heteroatoms. The van der Waals surface area contributed by atoms with Crippen LogP contribution in [0.2, 0.25) is 0 Å². The third-order valence-corrected chi connectivity index (χ3v) is 4.02. The molecule has 0 N–H and O–H groups in total. The van der Waals surface area contributed by atoms with E-state index in [1.165, 1.54) is 5.56 Å². The van der Waals surface area contributed by atoms with Crippen molar-refractivity contribution in [3.05, 3.63) is 41.6 Å². The van der Waals surface area contributed by atoms with Crippen molar-refractivity contribution in [2.45, 2.75) is 23.3 Å². The van der Waals surface area contributed by atoms with E-state index in [4.69, 9.17) is 9.26 Å². The van der Waals surface area contributed by atoms with E-state index in [0.29, 0.717) is 11.8 Å². The van der Waals surface area contributed by atoms with Crippen LogP contribution in [0.4, 0.5) is 0 Å². The summed E-state index contributed by atoms with van der Waals surface area (Å²) in [6, 6.07) is 10.4. The molecular weight excluding hydrogens is 246 g/mol. The molecule has 0 saturated heterocycles. The second kappa shape index (κ2) is 4.69. The summed E-state index contributed by atoms with van der Waals surface area (Å²) in [7, 11) is 1.69. The molecule has 1 aromatic heterocycles. The molecule has 0 spiro atoms. The van der Waals surface area contributed by atoms with E-state index in [2.05, 4.69) is 23.4 Å². The highest BCUT2D eigenvalue weighted by atomic mass is 32.2. The maximum atomic E-state index is 5.23. The fourth-order valence-electron chi connectivity index (χ4n) is 2.28. The van der Waals surface area contributed by atoms with E-state index in [0.717, 1.165) is 23.0 Å². The molecule has 0 amide bonds. The summed E-state index contributed by atoms with van der Waals surface area (Å²) in [5, 5.41) is 5.03. The van der Waals surface area contributed by atoms with Crippen molar-refractivity contribution >= 4 is 11.8 Å². The second-order valence-electron chi connectivity index (χ2n) is 4.50. The molecule has 1 aliphatic carbocycles. The van der Waals surface area contributed by atoms with Gasteiger partial charge >= 0.3 is 0 Å². The zero-order chi connectivity index (χ0) is 12.5. The summed E-state index contributed by atoms with van der Waals surface area (Å²) < 4.78 is 10.4. The number of nitrogens with zero attached hydrogens (tertiary/aromatic N) is 1. The van der Waals surface area contributed by atoms with Crippen molar-refractivity contribution in [1.82, 2.24) is 5.16 Å². The number of ether oxygens (including phenoxy) is 1. The molecule has 3 rings (SSSR count). The van der Waals surface area contributed by atoms with Crippen LogP contribution in [0.25, 0.3) is 0 Å². The van der Waals surface area contributed by atoms with Crippen LogP contribution < -0.4 is 4.74 Å². The number of methoxy groups -OCH3 is 1. The van der Waals surface area contributed by atoms with Gasteiger partial charge in [0.1, 0.15) is 5.75 Å². The van der Waals surface area contributed by atoms with Crippen LogP contribution in [-0.4, -0.2) is 18.5 Å². The zero-order valence-corrected chi connectivity index (χ0v) is 11.2. The molecule has 18 heavy (non-hydrogen) atoms. The third-order valence-electron chi connectivity index (χ3n) is 3.42. The standard InChI is InChI=1S/C14H15NO2S/c1-16-10-5-3-9(4-6-10)11-7-12(11)13-8-14(18-2)17-15-13/h3-6,8,11-12H,7H2,1-2H3. The third kappa shape index (κ3) is 2.12. The van der Waals surface area contributed by atoms with Crippen molar-refractivity contribution in [2.24, 2.45) is 0 Å². The van der Waals surface area contributed by atoms with Gasteiger partial charge in [0.2, 0.25) is 0 Å². The number of thioether (sulfide) groups is 1. The minimum Gasteiger partial charge on any atom is -0.497 e. The van der Waals surface area contributed by atoms with Gasteiger partial charge in [-0.05, 0) is 36.3 Å². The van der Waals surface area contributed by atoms with Crippen molar-refractivity contribution in [2.75, 3.05) is 13.4 Å². The Hall–Kier alpha value is -1.42. The van der Waals surface area contributed by atoms with Crippen LogP contribution >= 0.6 is 11.8 Å². The molecular formula is C14H15NO2S. The summed E-state index contributed by atoms with van der Waals surface area (Å²) in [4.78, 5) is 0. The summed E-state index contributed by atoms with van der Waals surface area (Å²) in [6.07, 6.45) is 3.16. The lowest BCUT2D eigenvalue weighted by Crippen LogP contribution is -1.86. The highest BCUT2D eigenvalue weighted by Gasteiger charge is 2.41. The Morgan fingerprint density at radius 1 is 1.28 bits per heavy atom. The molecule has 0 bridgehead atoms. The molecule has 0 radical (unpaired) electrons. The number of hydrogen-bond donors (Lipinski definition) is 0. The van der Waals surface area contributed by atoms with Crippen LogP contribution in [0.3, 0.4) is 0 Å². The quantitative estimate of drug-likeness (QED) is 0.786. The first-order chi connectivity index (χ1) is 8.81. The normalized spacial score (nSPS) is 21.9. The van der Waals surface area contributed by atoms with Gasteiger partial charge in [-0.2, -0.15) is 0 Å². The van der Waals surface area contributed by atoms with E-state index < -0.39 is 0 Å². The minimum atomic E-state index is 0.517. The number of aromatic nitrogens is 1. The molecule has 2 aromatic rings. The van der Waals surface area contributed by atoms with E-state index in [1.54, 1.807) is 18.9 Å². The van der Waals surface area contributed by atoms with Crippen LogP contribution in [-0.2, 0) is 0 Å². The molecule has 2 atom stereocenters. The van der Waals surface area contributed by atoms with Gasteiger partial charge in [0.15, 0.2) is 5.09 Å². The van der Waals surface area contributed by atoms with Gasteiger partial charge in [0, 0.05) is 12.0 Å². The molecule has 2 unspecified atom stereocenters. The van der Waals surface area contributed by atoms with Crippen molar-refractivity contribution in [3.63, 3.8) is 0 Å². The fraction of sp³-hybridized carbons (Fsp3) is 0.357. The number of benzene rings is 1. The van der Waals surface area contributed by atoms with Gasteiger partial charge in [-0.3, -0.25) is 0 Å². The van der Waals surface area contributed by atoms with E-state index in [1.807, 2.05) is 18.4 Å². The predicted octanol–water partition coefficient (Wildman–Crippen LogP) is 3.68. The van der Waals surface area contributed by atoms with Gasteiger partial charge in [0.25, 0.3) is 0 Å². The van der Waals surface area contributed by atoms with Gasteiger partial charge in [-0.15, -0.1) is 0 Å². The Labute approximate surface area is 111 Å². The Balaban J connectivity index is 1.72. The van der Waals surface area contributed by atoms with Crippen molar-refractivity contribution in [3.8, 4) is 5.75 Å². The summed E-state index contributed by atoms with van der Waals surface area (Å²) in [6.45, 7) is 0. The Morgan fingerprint density at radius 2 is 2.06 bits per heavy atom. The molecule has 1 heterocycles. The zero-order valence-electron chi connectivity index (χ0n) is 10.4. The topological polar surface area (TPSA) is 35.3 Å². The molecule has 1 aliphatic rings. The van der Waals surface area contributed by atoms with Crippen LogP contribution in [0.5, 0.6) is 5.75 Å². The number of hydrogen-bond acceptors (Lipinski definition) is 4. The lowest BCUT2D eigenvalue weighted by Gasteiger charge is -2.01. The largest absolute Gasteiger partial charge is 0.497 e. The average molecular weight is 261 g/mol. The fourth-order valence-corrected chi connectivity index (χ4v) is 2.63. The monoisotopic (exact) mass is 261 g/mol. The summed E-state index contributed by atoms with van der Waals surface area (Å²) in [5.74, 6) is 2.00. The van der Waals surface area contributed by atoms with Gasteiger partial charge in [0.05, 0.1) is 12.8 Å². The molecule has 0 aliphatic heterocycles. The Kier molecular flexibility index (Phi) is 3.04. The van der Waals surface area contributed by atoms with E-state index >= 15 is 0 Å². The average Bonchev–Trinajstić information content (AvgIpc) is 3.08. The second-order valence-corrected chi connectivity index (χ2v) is 5.31. The van der Waals surface area contributed by atoms with Crippen molar-refractivity contribution in [1.29, 1.82) is 0 Å². The van der Waals surface area contributed by atoms with Crippen LogP contribution in [0.15, 0.2) is 39.9 Å². The number of rotatable bonds is 4. The van der Waals surface area contributed by atoms with E-state index in [9.17, 15) is 0 Å². The lowest BCUT2D eigenvalue weighted by molar-refractivity contribution is 0.345. The smallest absolute Gasteiger partial charge is 0.193 e. The first-order valence-corrected chi connectivity index (χ1v) is 7.19. The Bertz CT molecular complexity index is 535. The highest BCUT2D eigenvalue weighted by Crippen LogP contribution is 2.54. The molecule has 1 aromatic carbocycles. The maximum Gasteiger partial charge on any atom is 0.193 e. The predicted molar refractivity (Wildman–Crippen MR) is 71.4 cm³/mol. The highest BCUT2D eigenvalue weighted by molar-refractivity contribution is 7.98. The van der Waals surface area contributed by atoms with Crippen molar-refractivity contribution < 1.29 is 9.26 Å². The van der Waals surface area contributed by atoms with E-state index in [-0.39, 0.29) is 0 Å². The van der Waals surface area contributed by atoms with Crippen LogP contribution in [0.1, 0.15) is 29.5 Å². The maximum absolute atomic E-state index is 5.23. The van der Waals surface area contributed by atoms with Gasteiger partial charge in [-0.1, -0.05) is 29.1 Å². The molecule has 1 saturated carbocycles.